The first kappa shape index (κ1) is 16.1. The van der Waals surface area contributed by atoms with E-state index in [1.54, 1.807) is 19.2 Å². The Morgan fingerprint density at radius 1 is 1.25 bits per heavy atom. The summed E-state index contributed by atoms with van der Waals surface area (Å²) in [6, 6.07) is 11.1. The van der Waals surface area contributed by atoms with Crippen LogP contribution < -0.4 is 10.1 Å². The number of hydrogen-bond acceptors (Lipinski definition) is 4. The van der Waals surface area contributed by atoms with Crippen LogP contribution in [0.25, 0.3) is 0 Å². The molecule has 1 saturated carbocycles. The smallest absolute Gasteiger partial charge is 0.287 e. The topological polar surface area (TPSA) is 71.8 Å². The second-order valence-corrected chi connectivity index (χ2v) is 5.76. The lowest BCUT2D eigenvalue weighted by molar-refractivity contribution is -0.131. The fraction of sp³-hybridized carbons (Fsp3) is 0.333. The predicted molar refractivity (Wildman–Crippen MR) is 87.6 cm³/mol. The predicted octanol–water partition coefficient (Wildman–Crippen LogP) is 2.21. The van der Waals surface area contributed by atoms with Crippen LogP contribution in [0.3, 0.4) is 0 Å². The standard InChI is InChI=1S/C18H20N2O4/c1-23-15-8-4-13(5-9-15)12-20(14-6-7-14)17(21)11-19-18(22)16-3-2-10-24-16/h2-5,8-10,14H,6-7,11-12H2,1H3,(H,19,22). The molecule has 0 aliphatic heterocycles. The summed E-state index contributed by atoms with van der Waals surface area (Å²) in [5.41, 5.74) is 1.04. The van der Waals surface area contributed by atoms with Crippen LogP contribution in [0.15, 0.2) is 47.1 Å². The van der Waals surface area contributed by atoms with Gasteiger partial charge in [0.2, 0.25) is 5.91 Å². The van der Waals surface area contributed by atoms with E-state index in [1.165, 1.54) is 6.26 Å². The lowest BCUT2D eigenvalue weighted by atomic mass is 10.2. The maximum Gasteiger partial charge on any atom is 0.287 e. The molecular formula is C18H20N2O4. The van der Waals surface area contributed by atoms with Gasteiger partial charge in [0.05, 0.1) is 19.9 Å². The SMILES string of the molecule is COc1ccc(CN(C(=O)CNC(=O)c2ccco2)C2CC2)cc1. The Kier molecular flexibility index (Phi) is 4.84. The highest BCUT2D eigenvalue weighted by atomic mass is 16.5. The summed E-state index contributed by atoms with van der Waals surface area (Å²) >= 11 is 0. The number of nitrogens with zero attached hydrogens (tertiary/aromatic N) is 1. The Morgan fingerprint density at radius 3 is 2.58 bits per heavy atom. The van der Waals surface area contributed by atoms with Crippen molar-refractivity contribution in [2.45, 2.75) is 25.4 Å². The first-order valence-corrected chi connectivity index (χ1v) is 7.91. The van der Waals surface area contributed by atoms with Gasteiger partial charge in [0.25, 0.3) is 5.91 Å². The van der Waals surface area contributed by atoms with Gasteiger partial charge in [-0.2, -0.15) is 0 Å². The minimum atomic E-state index is -0.381. The number of ether oxygens (including phenoxy) is 1. The van der Waals surface area contributed by atoms with Gasteiger partial charge in [-0.15, -0.1) is 0 Å². The molecular weight excluding hydrogens is 308 g/mol. The Morgan fingerprint density at radius 2 is 2.00 bits per heavy atom. The molecule has 0 atom stereocenters. The van der Waals surface area contributed by atoms with Crippen LogP contribution in [-0.2, 0) is 11.3 Å². The zero-order valence-corrected chi connectivity index (χ0v) is 13.5. The van der Waals surface area contributed by atoms with E-state index in [9.17, 15) is 9.59 Å². The van der Waals surface area contributed by atoms with E-state index in [-0.39, 0.29) is 30.2 Å². The third-order valence-corrected chi connectivity index (χ3v) is 3.97. The number of rotatable bonds is 7. The fourth-order valence-corrected chi connectivity index (χ4v) is 2.49. The van der Waals surface area contributed by atoms with Crippen LogP contribution in [0.5, 0.6) is 5.75 Å². The molecule has 1 aliphatic carbocycles. The van der Waals surface area contributed by atoms with Gasteiger partial charge in [0, 0.05) is 12.6 Å². The average molecular weight is 328 g/mol. The quantitative estimate of drug-likeness (QED) is 0.846. The summed E-state index contributed by atoms with van der Waals surface area (Å²) in [4.78, 5) is 26.2. The van der Waals surface area contributed by atoms with Gasteiger partial charge in [-0.05, 0) is 42.7 Å². The van der Waals surface area contributed by atoms with Crippen LogP contribution in [0, 0.1) is 0 Å². The molecule has 6 nitrogen and oxygen atoms in total. The largest absolute Gasteiger partial charge is 0.497 e. The van der Waals surface area contributed by atoms with Crippen LogP contribution in [0.2, 0.25) is 0 Å². The molecule has 2 aromatic rings. The summed E-state index contributed by atoms with van der Waals surface area (Å²) in [5.74, 6) is 0.520. The summed E-state index contributed by atoms with van der Waals surface area (Å²) < 4.78 is 10.2. The van der Waals surface area contributed by atoms with Crippen molar-refractivity contribution in [3.8, 4) is 5.75 Å². The monoisotopic (exact) mass is 328 g/mol. The lowest BCUT2D eigenvalue weighted by Crippen LogP contribution is -2.41. The molecule has 1 aromatic carbocycles. The molecule has 2 amide bonds. The number of furan rings is 1. The summed E-state index contributed by atoms with van der Waals surface area (Å²) in [6.07, 6.45) is 3.44. The van der Waals surface area contributed by atoms with Crippen molar-refractivity contribution in [1.82, 2.24) is 10.2 Å². The van der Waals surface area contributed by atoms with Crippen molar-refractivity contribution in [2.75, 3.05) is 13.7 Å². The zero-order valence-electron chi connectivity index (χ0n) is 13.5. The Hall–Kier alpha value is -2.76. The number of hydrogen-bond donors (Lipinski definition) is 1. The van der Waals surface area contributed by atoms with Crippen molar-refractivity contribution in [3.05, 3.63) is 54.0 Å². The molecule has 1 heterocycles. The van der Waals surface area contributed by atoms with Crippen molar-refractivity contribution < 1.29 is 18.7 Å². The summed E-state index contributed by atoms with van der Waals surface area (Å²) in [6.45, 7) is 0.496. The fourth-order valence-electron chi connectivity index (χ4n) is 2.49. The second kappa shape index (κ2) is 7.21. The molecule has 24 heavy (non-hydrogen) atoms. The number of amides is 2. The van der Waals surface area contributed by atoms with Gasteiger partial charge < -0.3 is 19.4 Å². The number of benzene rings is 1. The number of carbonyl (C=O) groups is 2. The van der Waals surface area contributed by atoms with Gasteiger partial charge >= 0.3 is 0 Å². The Bertz CT molecular complexity index is 690. The first-order chi connectivity index (χ1) is 11.7. The number of nitrogens with one attached hydrogen (secondary N) is 1. The van der Waals surface area contributed by atoms with Crippen molar-refractivity contribution in [2.24, 2.45) is 0 Å². The molecule has 1 aliphatic rings. The van der Waals surface area contributed by atoms with E-state index in [0.29, 0.717) is 6.54 Å². The normalized spacial score (nSPS) is 13.4. The summed E-state index contributed by atoms with van der Waals surface area (Å²) in [7, 11) is 1.62. The van der Waals surface area contributed by atoms with Crippen LogP contribution >= 0.6 is 0 Å². The molecule has 1 N–H and O–H groups in total. The minimum Gasteiger partial charge on any atom is -0.497 e. The molecule has 3 rings (SSSR count). The van der Waals surface area contributed by atoms with E-state index < -0.39 is 0 Å². The van der Waals surface area contributed by atoms with Crippen LogP contribution in [0.1, 0.15) is 29.0 Å². The minimum absolute atomic E-state index is 0.0355. The molecule has 126 valence electrons. The third-order valence-electron chi connectivity index (χ3n) is 3.97. The van der Waals surface area contributed by atoms with E-state index in [0.717, 1.165) is 24.2 Å². The second-order valence-electron chi connectivity index (χ2n) is 5.76. The maximum absolute atomic E-state index is 12.5. The molecule has 1 aromatic heterocycles. The third kappa shape index (κ3) is 3.95. The molecule has 0 unspecified atom stereocenters. The van der Waals surface area contributed by atoms with E-state index in [1.807, 2.05) is 29.2 Å². The zero-order chi connectivity index (χ0) is 16.9. The first-order valence-electron chi connectivity index (χ1n) is 7.91. The number of carbonyl (C=O) groups excluding carboxylic acids is 2. The number of methoxy groups -OCH3 is 1. The highest BCUT2D eigenvalue weighted by molar-refractivity contribution is 5.94. The van der Waals surface area contributed by atoms with Crippen molar-refractivity contribution in [3.63, 3.8) is 0 Å². The molecule has 0 saturated heterocycles. The Balaban J connectivity index is 1.58. The molecule has 0 radical (unpaired) electrons. The van der Waals surface area contributed by atoms with Crippen LogP contribution in [-0.4, -0.2) is 36.4 Å². The van der Waals surface area contributed by atoms with Crippen molar-refractivity contribution >= 4 is 11.8 Å². The van der Waals surface area contributed by atoms with Gasteiger partial charge in [0.15, 0.2) is 5.76 Å². The van der Waals surface area contributed by atoms with E-state index >= 15 is 0 Å². The lowest BCUT2D eigenvalue weighted by Gasteiger charge is -2.23. The highest BCUT2D eigenvalue weighted by Gasteiger charge is 2.32. The molecule has 6 heteroatoms. The summed E-state index contributed by atoms with van der Waals surface area (Å²) in [5, 5.41) is 2.61. The Labute approximate surface area is 140 Å². The van der Waals surface area contributed by atoms with E-state index in [4.69, 9.17) is 9.15 Å². The molecule has 1 fully saturated rings. The van der Waals surface area contributed by atoms with Gasteiger partial charge in [-0.1, -0.05) is 12.1 Å². The molecule has 0 spiro atoms. The van der Waals surface area contributed by atoms with Crippen molar-refractivity contribution in [1.29, 1.82) is 0 Å². The average Bonchev–Trinajstić information content (AvgIpc) is 3.30. The molecule has 0 bridgehead atoms. The highest BCUT2D eigenvalue weighted by Crippen LogP contribution is 2.28. The maximum atomic E-state index is 12.5. The van der Waals surface area contributed by atoms with Crippen LogP contribution in [0.4, 0.5) is 0 Å². The van der Waals surface area contributed by atoms with E-state index in [2.05, 4.69) is 5.32 Å². The van der Waals surface area contributed by atoms with Gasteiger partial charge in [0.1, 0.15) is 5.75 Å². The van der Waals surface area contributed by atoms with Gasteiger partial charge in [-0.25, -0.2) is 0 Å². The van der Waals surface area contributed by atoms with Gasteiger partial charge in [-0.3, -0.25) is 9.59 Å².